The summed E-state index contributed by atoms with van der Waals surface area (Å²) in [6.45, 7) is 0.302. The van der Waals surface area contributed by atoms with Gasteiger partial charge in [0.05, 0.1) is 6.61 Å². The SMILES string of the molecule is C#Cc1ccc(CCOc2cc(C(=O)O)[nH]c2C(=O)NC)cc1. The number of terminal acetylenes is 1. The smallest absolute Gasteiger partial charge is 0.352 e. The van der Waals surface area contributed by atoms with Gasteiger partial charge in [0, 0.05) is 25.1 Å². The number of ether oxygens (including phenoxy) is 1. The minimum Gasteiger partial charge on any atom is -0.491 e. The minimum atomic E-state index is -1.16. The maximum absolute atomic E-state index is 11.7. The molecule has 0 spiro atoms. The Hall–Kier alpha value is -3.20. The van der Waals surface area contributed by atoms with Crippen LogP contribution in [0.4, 0.5) is 0 Å². The van der Waals surface area contributed by atoms with Crippen molar-refractivity contribution in [2.75, 3.05) is 13.7 Å². The lowest BCUT2D eigenvalue weighted by atomic mass is 10.1. The molecule has 0 aliphatic carbocycles. The van der Waals surface area contributed by atoms with Crippen LogP contribution in [0.2, 0.25) is 0 Å². The number of nitrogens with one attached hydrogen (secondary N) is 2. The van der Waals surface area contributed by atoms with Gasteiger partial charge < -0.3 is 20.1 Å². The number of aromatic carboxylic acids is 1. The highest BCUT2D eigenvalue weighted by Crippen LogP contribution is 2.20. The summed E-state index contributed by atoms with van der Waals surface area (Å²) in [4.78, 5) is 25.3. The average molecular weight is 312 g/mol. The molecule has 0 aliphatic rings. The molecular weight excluding hydrogens is 296 g/mol. The van der Waals surface area contributed by atoms with Crippen molar-refractivity contribution in [2.24, 2.45) is 0 Å². The number of carbonyl (C=O) groups is 2. The summed E-state index contributed by atoms with van der Waals surface area (Å²) in [7, 11) is 1.46. The Morgan fingerprint density at radius 2 is 2.04 bits per heavy atom. The fraction of sp³-hybridized carbons (Fsp3) is 0.176. The van der Waals surface area contributed by atoms with Gasteiger partial charge in [0.1, 0.15) is 11.4 Å². The topological polar surface area (TPSA) is 91.4 Å². The van der Waals surface area contributed by atoms with E-state index in [-0.39, 0.29) is 17.1 Å². The van der Waals surface area contributed by atoms with Gasteiger partial charge in [-0.1, -0.05) is 18.1 Å². The van der Waals surface area contributed by atoms with E-state index in [0.717, 1.165) is 11.1 Å². The highest BCUT2D eigenvalue weighted by molar-refractivity contribution is 5.97. The fourth-order valence-electron chi connectivity index (χ4n) is 2.00. The number of benzene rings is 1. The number of rotatable bonds is 6. The number of hydrogen-bond donors (Lipinski definition) is 3. The number of H-pyrrole nitrogens is 1. The number of aromatic nitrogens is 1. The summed E-state index contributed by atoms with van der Waals surface area (Å²) in [5.41, 5.74) is 1.82. The van der Waals surface area contributed by atoms with Crippen molar-refractivity contribution >= 4 is 11.9 Å². The Labute approximate surface area is 133 Å². The monoisotopic (exact) mass is 312 g/mol. The zero-order chi connectivity index (χ0) is 16.8. The number of aromatic amines is 1. The molecule has 2 rings (SSSR count). The van der Waals surface area contributed by atoms with E-state index in [9.17, 15) is 9.59 Å². The molecule has 0 unspecified atom stereocenters. The largest absolute Gasteiger partial charge is 0.491 e. The highest BCUT2D eigenvalue weighted by Gasteiger charge is 2.18. The average Bonchev–Trinajstić information content (AvgIpc) is 2.99. The Kier molecular flexibility index (Phi) is 5.05. The lowest BCUT2D eigenvalue weighted by Gasteiger charge is -2.07. The van der Waals surface area contributed by atoms with Crippen molar-refractivity contribution in [3.05, 3.63) is 52.8 Å². The van der Waals surface area contributed by atoms with Crippen molar-refractivity contribution in [3.63, 3.8) is 0 Å². The van der Waals surface area contributed by atoms with Crippen LogP contribution in [-0.4, -0.2) is 35.6 Å². The van der Waals surface area contributed by atoms with Crippen LogP contribution in [0, 0.1) is 12.3 Å². The van der Waals surface area contributed by atoms with E-state index >= 15 is 0 Å². The van der Waals surface area contributed by atoms with Crippen LogP contribution in [0.1, 0.15) is 32.1 Å². The molecule has 1 amide bonds. The summed E-state index contributed by atoms with van der Waals surface area (Å²) in [5.74, 6) is 1.15. The lowest BCUT2D eigenvalue weighted by Crippen LogP contribution is -2.19. The van der Waals surface area contributed by atoms with Crippen LogP contribution in [0.15, 0.2) is 30.3 Å². The van der Waals surface area contributed by atoms with Gasteiger partial charge in [-0.05, 0) is 17.7 Å². The first-order chi connectivity index (χ1) is 11.0. The van der Waals surface area contributed by atoms with E-state index in [0.29, 0.717) is 13.0 Å². The Morgan fingerprint density at radius 1 is 1.35 bits per heavy atom. The molecule has 0 radical (unpaired) electrons. The van der Waals surface area contributed by atoms with E-state index in [1.807, 2.05) is 24.3 Å². The third-order valence-electron chi connectivity index (χ3n) is 3.23. The van der Waals surface area contributed by atoms with Gasteiger partial charge in [-0.15, -0.1) is 6.42 Å². The fourth-order valence-corrected chi connectivity index (χ4v) is 2.00. The number of amides is 1. The van der Waals surface area contributed by atoms with E-state index < -0.39 is 11.9 Å². The quantitative estimate of drug-likeness (QED) is 0.708. The molecule has 1 heterocycles. The summed E-state index contributed by atoms with van der Waals surface area (Å²) >= 11 is 0. The number of hydrogen-bond acceptors (Lipinski definition) is 3. The first kappa shape index (κ1) is 16.2. The number of carboxylic acids is 1. The standard InChI is InChI=1S/C17H16N2O4/c1-3-11-4-6-12(7-5-11)8-9-23-14-10-13(17(21)22)19-15(14)16(20)18-2/h1,4-7,10,19H,8-9H2,2H3,(H,18,20)(H,21,22). The van der Waals surface area contributed by atoms with Crippen LogP contribution in [0.25, 0.3) is 0 Å². The Balaban J connectivity index is 2.05. The second-order valence-corrected chi connectivity index (χ2v) is 4.75. The van der Waals surface area contributed by atoms with Crippen molar-refractivity contribution in [2.45, 2.75) is 6.42 Å². The summed E-state index contributed by atoms with van der Waals surface area (Å²) in [6, 6.07) is 8.78. The molecule has 6 nitrogen and oxygen atoms in total. The zero-order valence-corrected chi connectivity index (χ0v) is 12.6. The second kappa shape index (κ2) is 7.18. The van der Waals surface area contributed by atoms with Gasteiger partial charge in [-0.2, -0.15) is 0 Å². The van der Waals surface area contributed by atoms with E-state index in [1.165, 1.54) is 13.1 Å². The van der Waals surface area contributed by atoms with Gasteiger partial charge in [0.25, 0.3) is 5.91 Å². The van der Waals surface area contributed by atoms with Gasteiger partial charge >= 0.3 is 5.97 Å². The normalized spacial score (nSPS) is 9.91. The van der Waals surface area contributed by atoms with Crippen LogP contribution in [-0.2, 0) is 6.42 Å². The van der Waals surface area contributed by atoms with Gasteiger partial charge in [-0.3, -0.25) is 4.79 Å². The molecule has 0 saturated heterocycles. The van der Waals surface area contributed by atoms with Gasteiger partial charge in [-0.25, -0.2) is 4.79 Å². The second-order valence-electron chi connectivity index (χ2n) is 4.75. The van der Waals surface area contributed by atoms with E-state index in [1.54, 1.807) is 0 Å². The van der Waals surface area contributed by atoms with Crippen molar-refractivity contribution < 1.29 is 19.4 Å². The van der Waals surface area contributed by atoms with Crippen LogP contribution in [0.3, 0.4) is 0 Å². The molecule has 118 valence electrons. The molecule has 2 aromatic rings. The molecule has 1 aromatic heterocycles. The van der Waals surface area contributed by atoms with Crippen LogP contribution >= 0.6 is 0 Å². The van der Waals surface area contributed by atoms with Crippen molar-refractivity contribution in [1.82, 2.24) is 10.3 Å². The first-order valence-corrected chi connectivity index (χ1v) is 6.92. The van der Waals surface area contributed by atoms with Crippen LogP contribution in [0.5, 0.6) is 5.75 Å². The molecule has 0 atom stereocenters. The molecule has 1 aromatic carbocycles. The third kappa shape index (κ3) is 3.92. The summed E-state index contributed by atoms with van der Waals surface area (Å²) in [5, 5.41) is 11.4. The molecular formula is C17H16N2O4. The van der Waals surface area contributed by atoms with Crippen molar-refractivity contribution in [3.8, 4) is 18.1 Å². The molecule has 0 aliphatic heterocycles. The summed E-state index contributed by atoms with van der Waals surface area (Å²) < 4.78 is 5.56. The lowest BCUT2D eigenvalue weighted by molar-refractivity contribution is 0.0691. The summed E-state index contributed by atoms with van der Waals surface area (Å²) in [6.07, 6.45) is 5.90. The molecule has 0 fully saturated rings. The molecule has 23 heavy (non-hydrogen) atoms. The van der Waals surface area contributed by atoms with Crippen molar-refractivity contribution in [1.29, 1.82) is 0 Å². The predicted octanol–water partition coefficient (Wildman–Crippen LogP) is 1.68. The number of carboxylic acid groups (broad SMARTS) is 1. The maximum atomic E-state index is 11.7. The molecule has 3 N–H and O–H groups in total. The van der Waals surface area contributed by atoms with Gasteiger partial charge in [0.2, 0.25) is 0 Å². The Bertz CT molecular complexity index is 754. The number of carbonyl (C=O) groups excluding carboxylic acids is 1. The van der Waals surface area contributed by atoms with E-state index in [4.69, 9.17) is 16.3 Å². The van der Waals surface area contributed by atoms with E-state index in [2.05, 4.69) is 16.2 Å². The molecule has 0 saturated carbocycles. The molecule has 6 heteroatoms. The predicted molar refractivity (Wildman–Crippen MR) is 84.7 cm³/mol. The Morgan fingerprint density at radius 3 is 2.61 bits per heavy atom. The third-order valence-corrected chi connectivity index (χ3v) is 3.23. The van der Waals surface area contributed by atoms with Gasteiger partial charge in [0.15, 0.2) is 5.75 Å². The maximum Gasteiger partial charge on any atom is 0.352 e. The highest BCUT2D eigenvalue weighted by atomic mass is 16.5. The zero-order valence-electron chi connectivity index (χ0n) is 12.6. The van der Waals surface area contributed by atoms with Crippen LogP contribution < -0.4 is 10.1 Å². The first-order valence-electron chi connectivity index (χ1n) is 6.92. The minimum absolute atomic E-state index is 0.0904. The molecule has 0 bridgehead atoms.